The van der Waals surface area contributed by atoms with Crippen LogP contribution in [0.5, 0.6) is 0 Å². The molecular formula is C6HBrF12. The molecule has 0 aromatic heterocycles. The maximum absolute atomic E-state index is 12.8. The number of rotatable bonds is 3. The maximum atomic E-state index is 12.8. The fourth-order valence-corrected chi connectivity index (χ4v) is 1.15. The van der Waals surface area contributed by atoms with Gasteiger partial charge in [0.25, 0.3) is 4.32 Å². The highest BCUT2D eigenvalue weighted by atomic mass is 79.9. The zero-order chi connectivity index (χ0) is 16.1. The molecule has 0 aromatic rings. The van der Waals surface area contributed by atoms with E-state index in [9.17, 15) is 52.7 Å². The first-order valence-corrected chi connectivity index (χ1v) is 4.60. The molecular weight excluding hydrogens is 380 g/mol. The highest BCUT2D eigenvalue weighted by Crippen LogP contribution is 2.62. The Hall–Kier alpha value is -0.360. The lowest BCUT2D eigenvalue weighted by atomic mass is 9.94. The Balaban J connectivity index is 6.22. The lowest BCUT2D eigenvalue weighted by molar-refractivity contribution is -0.367. The van der Waals surface area contributed by atoms with Crippen molar-refractivity contribution >= 4 is 15.9 Å². The van der Waals surface area contributed by atoms with Crippen molar-refractivity contribution in [3.63, 3.8) is 0 Å². The van der Waals surface area contributed by atoms with E-state index in [1.807, 2.05) is 0 Å². The molecule has 0 atom stereocenters. The Morgan fingerprint density at radius 1 is 0.632 bits per heavy atom. The molecule has 0 radical (unpaired) electrons. The van der Waals surface area contributed by atoms with E-state index in [1.54, 1.807) is 0 Å². The molecule has 0 aliphatic heterocycles. The molecule has 0 spiro atoms. The van der Waals surface area contributed by atoms with Crippen LogP contribution in [-0.2, 0) is 0 Å². The molecule has 13 heteroatoms. The summed E-state index contributed by atoms with van der Waals surface area (Å²) in [5.41, 5.74) is 0. The van der Waals surface area contributed by atoms with Gasteiger partial charge in [0.1, 0.15) is 0 Å². The monoisotopic (exact) mass is 380 g/mol. The lowest BCUT2D eigenvalue weighted by Gasteiger charge is -2.40. The van der Waals surface area contributed by atoms with Crippen LogP contribution in [0.1, 0.15) is 0 Å². The van der Waals surface area contributed by atoms with Crippen molar-refractivity contribution in [1.29, 1.82) is 0 Å². The van der Waals surface area contributed by atoms with Gasteiger partial charge in [0.15, 0.2) is 0 Å². The molecule has 0 aliphatic carbocycles. The molecule has 0 fully saturated rings. The van der Waals surface area contributed by atoms with Gasteiger partial charge in [0.05, 0.1) is 0 Å². The van der Waals surface area contributed by atoms with Crippen molar-refractivity contribution < 1.29 is 52.7 Å². The number of alkyl halides is 13. The standard InChI is InChI=1S/C6HBrF12/c7-3(5(14,15)16,6(17,18)19)4(12,13)2(10,11)1(8)9/h1H. The lowest BCUT2D eigenvalue weighted by Crippen LogP contribution is -2.70. The molecule has 116 valence electrons. The molecule has 0 aromatic carbocycles. The minimum absolute atomic E-state index is 0.439. The van der Waals surface area contributed by atoms with Gasteiger partial charge in [-0.05, 0) is 0 Å². The van der Waals surface area contributed by atoms with Gasteiger partial charge in [0, 0.05) is 0 Å². The fraction of sp³-hybridized carbons (Fsp3) is 1.00. The van der Waals surface area contributed by atoms with Crippen LogP contribution in [0.4, 0.5) is 52.7 Å². The average molecular weight is 381 g/mol. The molecule has 0 bridgehead atoms. The molecule has 0 heterocycles. The first-order valence-electron chi connectivity index (χ1n) is 3.80. The van der Waals surface area contributed by atoms with Crippen LogP contribution in [0, 0.1) is 0 Å². The zero-order valence-electron chi connectivity index (χ0n) is 7.99. The minimum atomic E-state index is -7.18. The summed E-state index contributed by atoms with van der Waals surface area (Å²) in [5, 5.41) is 0. The molecule has 0 saturated carbocycles. The number of hydrogen-bond acceptors (Lipinski definition) is 0. The van der Waals surface area contributed by atoms with Gasteiger partial charge >= 0.3 is 30.6 Å². The number of hydrogen-bond donors (Lipinski definition) is 0. The smallest absolute Gasteiger partial charge is 0.203 e. The Morgan fingerprint density at radius 2 is 0.895 bits per heavy atom. The Labute approximate surface area is 104 Å². The van der Waals surface area contributed by atoms with E-state index in [1.165, 1.54) is 0 Å². The van der Waals surface area contributed by atoms with Crippen molar-refractivity contribution in [2.24, 2.45) is 0 Å². The van der Waals surface area contributed by atoms with Crippen molar-refractivity contribution in [3.8, 4) is 0 Å². The summed E-state index contributed by atoms with van der Waals surface area (Å²) in [6, 6.07) is 0. The Bertz CT molecular complexity index is 310. The van der Waals surface area contributed by atoms with E-state index in [-0.39, 0.29) is 0 Å². The molecule has 0 rings (SSSR count). The molecule has 0 aliphatic rings. The quantitative estimate of drug-likeness (QED) is 0.488. The third-order valence-corrected chi connectivity index (χ3v) is 3.30. The number of halogens is 13. The van der Waals surface area contributed by atoms with Crippen LogP contribution < -0.4 is 0 Å². The van der Waals surface area contributed by atoms with E-state index in [4.69, 9.17) is 0 Å². The average Bonchev–Trinajstić information content (AvgIpc) is 2.11. The van der Waals surface area contributed by atoms with Crippen LogP contribution in [-0.4, -0.2) is 34.9 Å². The van der Waals surface area contributed by atoms with Crippen molar-refractivity contribution in [2.45, 2.75) is 34.9 Å². The van der Waals surface area contributed by atoms with Gasteiger partial charge in [-0.15, -0.1) is 0 Å². The second kappa shape index (κ2) is 4.58. The third-order valence-electron chi connectivity index (χ3n) is 1.91. The second-order valence-corrected chi connectivity index (χ2v) is 4.34. The minimum Gasteiger partial charge on any atom is -0.203 e. The predicted molar refractivity (Wildman–Crippen MR) is 39.7 cm³/mol. The largest absolute Gasteiger partial charge is 0.419 e. The summed E-state index contributed by atoms with van der Waals surface area (Å²) < 4.78 is 139. The van der Waals surface area contributed by atoms with Crippen molar-refractivity contribution in [3.05, 3.63) is 0 Å². The van der Waals surface area contributed by atoms with Crippen LogP contribution in [0.25, 0.3) is 0 Å². The van der Waals surface area contributed by atoms with Gasteiger partial charge in [-0.3, -0.25) is 0 Å². The maximum Gasteiger partial charge on any atom is 0.419 e. The SMILES string of the molecule is FC(F)C(F)(F)C(F)(F)C(Br)(C(F)(F)F)C(F)(F)F. The van der Waals surface area contributed by atoms with E-state index < -0.39 is 34.9 Å². The summed E-state index contributed by atoms with van der Waals surface area (Å²) in [6.07, 6.45) is -19.5. The van der Waals surface area contributed by atoms with Gasteiger partial charge < -0.3 is 0 Å². The molecule has 0 unspecified atom stereocenters. The second-order valence-electron chi connectivity index (χ2n) is 3.15. The van der Waals surface area contributed by atoms with E-state index in [2.05, 4.69) is 0 Å². The van der Waals surface area contributed by atoms with E-state index in [0.29, 0.717) is 15.9 Å². The summed E-state index contributed by atoms with van der Waals surface area (Å²) >= 11 is 0.439. The van der Waals surface area contributed by atoms with Crippen molar-refractivity contribution in [2.75, 3.05) is 0 Å². The van der Waals surface area contributed by atoms with Gasteiger partial charge in [-0.2, -0.15) is 43.9 Å². The molecule has 0 amide bonds. The third kappa shape index (κ3) is 2.49. The topological polar surface area (TPSA) is 0 Å². The molecule has 0 saturated heterocycles. The first kappa shape index (κ1) is 18.6. The van der Waals surface area contributed by atoms with Crippen LogP contribution >= 0.6 is 15.9 Å². The molecule has 0 nitrogen and oxygen atoms in total. The zero-order valence-corrected chi connectivity index (χ0v) is 9.58. The summed E-state index contributed by atoms with van der Waals surface area (Å²) in [7, 11) is 0. The van der Waals surface area contributed by atoms with Gasteiger partial charge in [-0.1, -0.05) is 15.9 Å². The first-order chi connectivity index (χ1) is 7.94. The Kier molecular flexibility index (Phi) is 4.50. The van der Waals surface area contributed by atoms with Gasteiger partial charge in [-0.25, -0.2) is 8.78 Å². The van der Waals surface area contributed by atoms with Crippen LogP contribution in [0.3, 0.4) is 0 Å². The summed E-state index contributed by atoms with van der Waals surface area (Å²) in [6.45, 7) is 0. The Morgan fingerprint density at radius 3 is 1.05 bits per heavy atom. The summed E-state index contributed by atoms with van der Waals surface area (Å²) in [5.74, 6) is -14.0. The molecule has 0 N–H and O–H groups in total. The summed E-state index contributed by atoms with van der Waals surface area (Å²) in [4.78, 5) is 0. The van der Waals surface area contributed by atoms with Crippen molar-refractivity contribution in [1.82, 2.24) is 0 Å². The van der Waals surface area contributed by atoms with E-state index >= 15 is 0 Å². The van der Waals surface area contributed by atoms with E-state index in [0.717, 1.165) is 0 Å². The van der Waals surface area contributed by atoms with Crippen LogP contribution in [0.2, 0.25) is 0 Å². The van der Waals surface area contributed by atoms with Crippen LogP contribution in [0.15, 0.2) is 0 Å². The highest BCUT2D eigenvalue weighted by Gasteiger charge is 2.88. The normalized spacial score (nSPS) is 16.1. The highest BCUT2D eigenvalue weighted by molar-refractivity contribution is 9.10. The molecule has 19 heavy (non-hydrogen) atoms. The van der Waals surface area contributed by atoms with Gasteiger partial charge in [0.2, 0.25) is 0 Å². The predicted octanol–water partition coefficient (Wildman–Crippen LogP) is 4.78. The fourth-order valence-electron chi connectivity index (χ4n) is 0.883.